The van der Waals surface area contributed by atoms with E-state index < -0.39 is 12.0 Å². The highest BCUT2D eigenvalue weighted by molar-refractivity contribution is 5.75. The van der Waals surface area contributed by atoms with Crippen molar-refractivity contribution in [1.82, 2.24) is 9.80 Å². The van der Waals surface area contributed by atoms with Crippen molar-refractivity contribution in [2.45, 2.75) is 31.8 Å². The largest absolute Gasteiger partial charge is 0.480 e. The molecule has 2 atom stereocenters. The van der Waals surface area contributed by atoms with Crippen LogP contribution < -0.4 is 0 Å². The fraction of sp³-hybridized carbons (Fsp3) is 0.562. The summed E-state index contributed by atoms with van der Waals surface area (Å²) in [5.74, 6) is -0.751. The van der Waals surface area contributed by atoms with Gasteiger partial charge in [0, 0.05) is 19.1 Å². The van der Waals surface area contributed by atoms with Crippen molar-refractivity contribution in [3.63, 3.8) is 0 Å². The van der Waals surface area contributed by atoms with Gasteiger partial charge in [-0.1, -0.05) is 37.3 Å². The van der Waals surface area contributed by atoms with Gasteiger partial charge in [-0.2, -0.15) is 0 Å². The molecule has 110 valence electrons. The monoisotopic (exact) mass is 276 g/mol. The number of likely N-dealkylation sites (N-methyl/N-ethyl adjacent to an activating group) is 1. The van der Waals surface area contributed by atoms with Crippen molar-refractivity contribution >= 4 is 5.97 Å². The molecule has 4 heteroatoms. The van der Waals surface area contributed by atoms with Crippen molar-refractivity contribution in [3.8, 4) is 0 Å². The number of carbonyl (C=O) groups is 1. The Bertz CT molecular complexity index is 435. The Balaban J connectivity index is 2.29. The highest BCUT2D eigenvalue weighted by Gasteiger charge is 2.33. The van der Waals surface area contributed by atoms with E-state index in [2.05, 4.69) is 23.8 Å². The number of aliphatic carboxylic acids is 1. The molecule has 1 saturated heterocycles. The first-order chi connectivity index (χ1) is 9.63. The lowest BCUT2D eigenvalue weighted by Crippen LogP contribution is -2.44. The average molecular weight is 276 g/mol. The highest BCUT2D eigenvalue weighted by atomic mass is 16.4. The molecule has 2 unspecified atom stereocenters. The number of hydrogen-bond donors (Lipinski definition) is 1. The topological polar surface area (TPSA) is 43.8 Å². The molecule has 0 bridgehead atoms. The van der Waals surface area contributed by atoms with Crippen LogP contribution in [0.2, 0.25) is 0 Å². The minimum Gasteiger partial charge on any atom is -0.480 e. The van der Waals surface area contributed by atoms with Crippen LogP contribution in [0.1, 0.15) is 31.4 Å². The molecule has 1 aromatic carbocycles. The second-order valence-electron chi connectivity index (χ2n) is 5.57. The van der Waals surface area contributed by atoms with Crippen LogP contribution >= 0.6 is 0 Å². The summed E-state index contributed by atoms with van der Waals surface area (Å²) in [6.07, 6.45) is 1.99. The van der Waals surface area contributed by atoms with Crippen LogP contribution in [0, 0.1) is 0 Å². The van der Waals surface area contributed by atoms with Crippen molar-refractivity contribution in [2.24, 2.45) is 0 Å². The van der Waals surface area contributed by atoms with E-state index in [-0.39, 0.29) is 0 Å². The van der Waals surface area contributed by atoms with Gasteiger partial charge in [0.1, 0.15) is 6.04 Å². The molecular formula is C16H24N2O2. The fourth-order valence-electron chi connectivity index (χ4n) is 3.08. The number of hydrogen-bond acceptors (Lipinski definition) is 3. The molecule has 1 aromatic rings. The van der Waals surface area contributed by atoms with Gasteiger partial charge in [0.25, 0.3) is 0 Å². The summed E-state index contributed by atoms with van der Waals surface area (Å²) in [5.41, 5.74) is 0.878. The van der Waals surface area contributed by atoms with Gasteiger partial charge in [-0.15, -0.1) is 0 Å². The summed E-state index contributed by atoms with van der Waals surface area (Å²) in [6.45, 7) is 4.96. The molecule has 1 aliphatic heterocycles. The van der Waals surface area contributed by atoms with E-state index in [1.807, 2.05) is 30.3 Å². The average Bonchev–Trinajstić information content (AvgIpc) is 2.62. The number of carboxylic acid groups (broad SMARTS) is 1. The maximum Gasteiger partial charge on any atom is 0.325 e. The third kappa shape index (κ3) is 3.38. The number of benzene rings is 1. The maximum absolute atomic E-state index is 11.8. The molecule has 2 rings (SSSR count). The van der Waals surface area contributed by atoms with Gasteiger partial charge in [-0.05, 0) is 32.0 Å². The first-order valence-electron chi connectivity index (χ1n) is 7.35. The zero-order valence-electron chi connectivity index (χ0n) is 12.3. The molecule has 0 amide bonds. The summed E-state index contributed by atoms with van der Waals surface area (Å²) in [7, 11) is 2.12. The van der Waals surface area contributed by atoms with E-state index in [1.165, 1.54) is 0 Å². The Kier molecular flexibility index (Phi) is 5.15. The molecule has 1 heterocycles. The third-order valence-corrected chi connectivity index (χ3v) is 4.10. The van der Waals surface area contributed by atoms with Gasteiger partial charge < -0.3 is 10.0 Å². The number of rotatable bonds is 4. The van der Waals surface area contributed by atoms with Crippen molar-refractivity contribution in [2.75, 3.05) is 26.7 Å². The van der Waals surface area contributed by atoms with E-state index in [4.69, 9.17) is 0 Å². The number of carboxylic acids is 1. The van der Waals surface area contributed by atoms with Gasteiger partial charge in [-0.3, -0.25) is 9.69 Å². The third-order valence-electron chi connectivity index (χ3n) is 4.10. The minimum atomic E-state index is -0.751. The lowest BCUT2D eigenvalue weighted by Gasteiger charge is -2.35. The molecule has 20 heavy (non-hydrogen) atoms. The van der Waals surface area contributed by atoms with Gasteiger partial charge in [-0.25, -0.2) is 0 Å². The van der Waals surface area contributed by atoms with Gasteiger partial charge in [0.2, 0.25) is 0 Å². The van der Waals surface area contributed by atoms with Gasteiger partial charge >= 0.3 is 5.97 Å². The van der Waals surface area contributed by atoms with Crippen LogP contribution in [0.15, 0.2) is 30.3 Å². The standard InChI is InChI=1S/C16H24N2O2/c1-3-14-12-17(2)10-7-11-18(14)15(16(19)20)13-8-5-4-6-9-13/h4-6,8-9,14-15H,3,7,10-12H2,1-2H3,(H,19,20). The molecule has 4 nitrogen and oxygen atoms in total. The SMILES string of the molecule is CCC1CN(C)CCCN1C(C(=O)O)c1ccccc1. The van der Waals surface area contributed by atoms with Crippen LogP contribution in [-0.2, 0) is 4.79 Å². The van der Waals surface area contributed by atoms with E-state index in [1.54, 1.807) is 0 Å². The van der Waals surface area contributed by atoms with Crippen LogP contribution in [0.4, 0.5) is 0 Å². The Morgan fingerprint density at radius 1 is 1.35 bits per heavy atom. The first kappa shape index (κ1) is 15.0. The second kappa shape index (κ2) is 6.86. The minimum absolute atomic E-state index is 0.295. The lowest BCUT2D eigenvalue weighted by molar-refractivity contribution is -0.144. The molecule has 0 radical (unpaired) electrons. The number of nitrogens with zero attached hydrogens (tertiary/aromatic N) is 2. The smallest absolute Gasteiger partial charge is 0.325 e. The normalized spacial score (nSPS) is 23.2. The zero-order chi connectivity index (χ0) is 14.5. The zero-order valence-corrected chi connectivity index (χ0v) is 12.3. The van der Waals surface area contributed by atoms with Crippen LogP contribution in [0.25, 0.3) is 0 Å². The Morgan fingerprint density at radius 3 is 2.65 bits per heavy atom. The van der Waals surface area contributed by atoms with Gasteiger partial charge in [0.15, 0.2) is 0 Å². The summed E-state index contributed by atoms with van der Waals surface area (Å²) < 4.78 is 0. The van der Waals surface area contributed by atoms with Crippen molar-refractivity contribution in [3.05, 3.63) is 35.9 Å². The maximum atomic E-state index is 11.8. The molecule has 1 N–H and O–H groups in total. The molecule has 0 aliphatic carbocycles. The van der Waals surface area contributed by atoms with Gasteiger partial charge in [0.05, 0.1) is 0 Å². The molecule has 0 aromatic heterocycles. The quantitative estimate of drug-likeness (QED) is 0.916. The Morgan fingerprint density at radius 2 is 2.05 bits per heavy atom. The predicted octanol–water partition coefficient (Wildman–Crippen LogP) is 2.23. The highest BCUT2D eigenvalue weighted by Crippen LogP contribution is 2.26. The van der Waals surface area contributed by atoms with E-state index >= 15 is 0 Å². The lowest BCUT2D eigenvalue weighted by atomic mass is 10.0. The summed E-state index contributed by atoms with van der Waals surface area (Å²) in [6, 6.07) is 9.35. The molecule has 1 aliphatic rings. The van der Waals surface area contributed by atoms with Crippen molar-refractivity contribution in [1.29, 1.82) is 0 Å². The summed E-state index contributed by atoms with van der Waals surface area (Å²) >= 11 is 0. The molecule has 1 fully saturated rings. The van der Waals surface area contributed by atoms with E-state index in [9.17, 15) is 9.90 Å². The molecule has 0 spiro atoms. The molecular weight excluding hydrogens is 252 g/mol. The summed E-state index contributed by atoms with van der Waals surface area (Å²) in [4.78, 5) is 16.3. The van der Waals surface area contributed by atoms with E-state index in [0.717, 1.165) is 38.0 Å². The van der Waals surface area contributed by atoms with Crippen LogP contribution in [0.5, 0.6) is 0 Å². The second-order valence-corrected chi connectivity index (χ2v) is 5.57. The van der Waals surface area contributed by atoms with E-state index in [0.29, 0.717) is 6.04 Å². The fourth-order valence-corrected chi connectivity index (χ4v) is 3.08. The summed E-state index contributed by atoms with van der Waals surface area (Å²) in [5, 5.41) is 9.69. The molecule has 0 saturated carbocycles. The van der Waals surface area contributed by atoms with Crippen molar-refractivity contribution < 1.29 is 9.90 Å². The Hall–Kier alpha value is -1.39. The van der Waals surface area contributed by atoms with Crippen LogP contribution in [-0.4, -0.2) is 53.6 Å². The predicted molar refractivity (Wildman–Crippen MR) is 79.7 cm³/mol. The Labute approximate surface area is 121 Å². The van der Waals surface area contributed by atoms with Crippen LogP contribution in [0.3, 0.4) is 0 Å². The first-order valence-corrected chi connectivity index (χ1v) is 7.35.